The number of halogens is 1. The average molecular weight is 392 g/mol. The maximum Gasteiger partial charge on any atom is 0.206 e. The SMILES string of the molecule is C[C@H](O)c1ccc(S(=O)(=O)c2cc(Cl)c3oc4c(c3c2)CNCC4)cc1. The first-order valence-corrected chi connectivity index (χ1v) is 10.2. The molecule has 3 aromatic rings. The second-order valence-corrected chi connectivity index (χ2v) is 8.82. The topological polar surface area (TPSA) is 79.5 Å². The summed E-state index contributed by atoms with van der Waals surface area (Å²) in [6.07, 6.45) is 0.103. The van der Waals surface area contributed by atoms with Gasteiger partial charge in [-0.05, 0) is 36.8 Å². The standard InChI is InChI=1S/C19H18ClNO4S/c1-11(22)12-2-4-13(5-3-12)26(23,24)14-8-15-16-10-21-7-6-18(16)25-19(15)17(20)9-14/h2-5,8-9,11,21-22H,6-7,10H2,1H3/t11-/m0/s1. The molecule has 0 saturated heterocycles. The summed E-state index contributed by atoms with van der Waals surface area (Å²) in [5.41, 5.74) is 2.16. The molecular formula is C19H18ClNO4S. The van der Waals surface area contributed by atoms with Gasteiger partial charge in [-0.2, -0.15) is 0 Å². The molecule has 0 spiro atoms. The van der Waals surface area contributed by atoms with Crippen molar-refractivity contribution in [2.45, 2.75) is 35.8 Å². The quantitative estimate of drug-likeness (QED) is 0.712. The molecule has 136 valence electrons. The lowest BCUT2D eigenvalue weighted by Gasteiger charge is -2.11. The van der Waals surface area contributed by atoms with E-state index >= 15 is 0 Å². The molecule has 1 aliphatic rings. The van der Waals surface area contributed by atoms with E-state index < -0.39 is 15.9 Å². The molecule has 4 rings (SSSR count). The van der Waals surface area contributed by atoms with E-state index in [1.54, 1.807) is 25.1 Å². The van der Waals surface area contributed by atoms with Crippen LogP contribution in [0.4, 0.5) is 0 Å². The van der Waals surface area contributed by atoms with Crippen LogP contribution in [0.2, 0.25) is 5.02 Å². The van der Waals surface area contributed by atoms with Crippen LogP contribution in [0, 0.1) is 0 Å². The molecule has 0 radical (unpaired) electrons. The van der Waals surface area contributed by atoms with Gasteiger partial charge in [-0.3, -0.25) is 0 Å². The van der Waals surface area contributed by atoms with Crippen molar-refractivity contribution in [3.8, 4) is 0 Å². The molecule has 1 aromatic heterocycles. The van der Waals surface area contributed by atoms with E-state index in [2.05, 4.69) is 5.32 Å². The van der Waals surface area contributed by atoms with Gasteiger partial charge in [-0.1, -0.05) is 23.7 Å². The summed E-state index contributed by atoms with van der Waals surface area (Å²) in [5.74, 6) is 0.858. The molecule has 26 heavy (non-hydrogen) atoms. The molecule has 5 nitrogen and oxygen atoms in total. The maximum absolute atomic E-state index is 13.0. The number of hydrogen-bond donors (Lipinski definition) is 2. The Morgan fingerprint density at radius 2 is 1.92 bits per heavy atom. The zero-order valence-corrected chi connectivity index (χ0v) is 15.7. The van der Waals surface area contributed by atoms with Crippen molar-refractivity contribution < 1.29 is 17.9 Å². The van der Waals surface area contributed by atoms with Crippen molar-refractivity contribution in [1.82, 2.24) is 5.32 Å². The third-order valence-corrected chi connectivity index (χ3v) is 6.75. The van der Waals surface area contributed by atoms with Gasteiger partial charge in [-0.15, -0.1) is 0 Å². The largest absolute Gasteiger partial charge is 0.459 e. The second kappa shape index (κ2) is 6.39. The summed E-state index contributed by atoms with van der Waals surface area (Å²) in [4.78, 5) is 0.293. The number of benzene rings is 2. The van der Waals surface area contributed by atoms with Gasteiger partial charge >= 0.3 is 0 Å². The number of sulfone groups is 1. The lowest BCUT2D eigenvalue weighted by atomic mass is 10.1. The highest BCUT2D eigenvalue weighted by Crippen LogP contribution is 2.36. The molecule has 1 atom stereocenters. The van der Waals surface area contributed by atoms with Crippen LogP contribution in [0.1, 0.15) is 29.9 Å². The number of aliphatic hydroxyl groups is 1. The van der Waals surface area contributed by atoms with E-state index in [9.17, 15) is 13.5 Å². The Bertz CT molecular complexity index is 1080. The first-order valence-electron chi connectivity index (χ1n) is 8.35. The lowest BCUT2D eigenvalue weighted by molar-refractivity contribution is 0.199. The second-order valence-electron chi connectivity index (χ2n) is 6.46. The van der Waals surface area contributed by atoms with Crippen molar-refractivity contribution in [3.05, 3.63) is 58.3 Å². The number of nitrogens with one attached hydrogen (secondary N) is 1. The van der Waals surface area contributed by atoms with Gasteiger partial charge in [0.2, 0.25) is 9.84 Å². The Morgan fingerprint density at radius 1 is 1.19 bits per heavy atom. The predicted molar refractivity (Wildman–Crippen MR) is 99.2 cm³/mol. The molecule has 0 bridgehead atoms. The normalized spacial score (nSPS) is 15.8. The third-order valence-electron chi connectivity index (χ3n) is 4.72. The average Bonchev–Trinajstić information content (AvgIpc) is 3.01. The van der Waals surface area contributed by atoms with E-state index in [4.69, 9.17) is 16.0 Å². The Balaban J connectivity index is 1.84. The third kappa shape index (κ3) is 2.83. The molecule has 2 N–H and O–H groups in total. The van der Waals surface area contributed by atoms with Gasteiger partial charge in [0.15, 0.2) is 5.58 Å². The van der Waals surface area contributed by atoms with Crippen LogP contribution in [-0.4, -0.2) is 20.1 Å². The van der Waals surface area contributed by atoms with Gasteiger partial charge in [-0.25, -0.2) is 8.42 Å². The van der Waals surface area contributed by atoms with Crippen molar-refractivity contribution in [1.29, 1.82) is 0 Å². The van der Waals surface area contributed by atoms with Gasteiger partial charge < -0.3 is 14.8 Å². The van der Waals surface area contributed by atoms with Crippen molar-refractivity contribution >= 4 is 32.4 Å². The summed E-state index contributed by atoms with van der Waals surface area (Å²) in [6, 6.07) is 9.30. The monoisotopic (exact) mass is 391 g/mol. The molecular weight excluding hydrogens is 374 g/mol. The Labute approximate surface area is 156 Å². The van der Waals surface area contributed by atoms with Gasteiger partial charge in [0.05, 0.1) is 20.9 Å². The molecule has 0 unspecified atom stereocenters. The predicted octanol–water partition coefficient (Wildman–Crippen LogP) is 3.62. The molecule has 2 aromatic carbocycles. The van der Waals surface area contributed by atoms with Gasteiger partial charge in [0.1, 0.15) is 5.76 Å². The summed E-state index contributed by atoms with van der Waals surface area (Å²) in [6.45, 7) is 3.09. The van der Waals surface area contributed by atoms with Crippen LogP contribution in [0.5, 0.6) is 0 Å². The van der Waals surface area contributed by atoms with Crippen LogP contribution in [-0.2, 0) is 22.8 Å². The minimum absolute atomic E-state index is 0.133. The highest BCUT2D eigenvalue weighted by Gasteiger charge is 2.24. The smallest absolute Gasteiger partial charge is 0.206 e. The van der Waals surface area contributed by atoms with Crippen molar-refractivity contribution in [2.24, 2.45) is 0 Å². The fourth-order valence-electron chi connectivity index (χ4n) is 3.26. The molecule has 0 saturated carbocycles. The van der Waals surface area contributed by atoms with E-state index in [-0.39, 0.29) is 14.8 Å². The minimum atomic E-state index is -3.73. The summed E-state index contributed by atoms with van der Waals surface area (Å²) in [7, 11) is -3.73. The first-order chi connectivity index (χ1) is 12.4. The Kier molecular flexibility index (Phi) is 4.31. The summed E-state index contributed by atoms with van der Waals surface area (Å²) >= 11 is 6.33. The van der Waals surface area contributed by atoms with E-state index in [1.165, 1.54) is 18.2 Å². The molecule has 0 amide bonds. The minimum Gasteiger partial charge on any atom is -0.459 e. The van der Waals surface area contributed by atoms with Crippen LogP contribution in [0.25, 0.3) is 11.0 Å². The van der Waals surface area contributed by atoms with Crippen molar-refractivity contribution in [2.75, 3.05) is 6.54 Å². The van der Waals surface area contributed by atoms with Gasteiger partial charge in [0, 0.05) is 30.5 Å². The highest BCUT2D eigenvalue weighted by molar-refractivity contribution is 7.91. The fourth-order valence-corrected chi connectivity index (χ4v) is 4.89. The zero-order valence-electron chi connectivity index (χ0n) is 14.1. The zero-order chi connectivity index (χ0) is 18.5. The Morgan fingerprint density at radius 3 is 2.62 bits per heavy atom. The first kappa shape index (κ1) is 17.5. The van der Waals surface area contributed by atoms with Crippen LogP contribution >= 0.6 is 11.6 Å². The van der Waals surface area contributed by atoms with Crippen LogP contribution in [0.3, 0.4) is 0 Å². The van der Waals surface area contributed by atoms with E-state index in [1.807, 2.05) is 0 Å². The van der Waals surface area contributed by atoms with Crippen LogP contribution in [0.15, 0.2) is 50.6 Å². The van der Waals surface area contributed by atoms with Crippen LogP contribution < -0.4 is 5.32 Å². The molecule has 1 aliphatic heterocycles. The molecule has 7 heteroatoms. The maximum atomic E-state index is 13.0. The van der Waals surface area contributed by atoms with Gasteiger partial charge in [0.25, 0.3) is 0 Å². The number of fused-ring (bicyclic) bond motifs is 3. The van der Waals surface area contributed by atoms with Crippen molar-refractivity contribution in [3.63, 3.8) is 0 Å². The number of rotatable bonds is 3. The Hall–Kier alpha value is -1.86. The molecule has 0 fully saturated rings. The number of hydrogen-bond acceptors (Lipinski definition) is 5. The summed E-state index contributed by atoms with van der Waals surface area (Å²) < 4.78 is 31.9. The number of aliphatic hydroxyl groups excluding tert-OH is 1. The number of furan rings is 1. The highest BCUT2D eigenvalue weighted by atomic mass is 35.5. The summed E-state index contributed by atoms with van der Waals surface area (Å²) in [5, 5.41) is 13.9. The van der Waals surface area contributed by atoms with E-state index in [0.29, 0.717) is 17.7 Å². The lowest BCUT2D eigenvalue weighted by Crippen LogP contribution is -2.22. The van der Waals surface area contributed by atoms with E-state index in [0.717, 1.165) is 29.7 Å². The fraction of sp³-hybridized carbons (Fsp3) is 0.263. The molecule has 0 aliphatic carbocycles. The molecule has 2 heterocycles.